The number of anilines is 1. The van der Waals surface area contributed by atoms with Crippen LogP contribution in [0.5, 0.6) is 0 Å². The second-order valence-electron chi connectivity index (χ2n) is 8.59. The summed E-state index contributed by atoms with van der Waals surface area (Å²) in [6, 6.07) is 18.2. The van der Waals surface area contributed by atoms with E-state index >= 15 is 0 Å². The Morgan fingerprint density at radius 2 is 2.18 bits per heavy atom. The van der Waals surface area contributed by atoms with Crippen molar-refractivity contribution in [3.05, 3.63) is 94.3 Å². The first-order valence-electron chi connectivity index (χ1n) is 11.2. The van der Waals surface area contributed by atoms with Gasteiger partial charge in [0.15, 0.2) is 0 Å². The van der Waals surface area contributed by atoms with E-state index in [1.807, 2.05) is 48.7 Å². The molecule has 0 aliphatic carbocycles. The van der Waals surface area contributed by atoms with Gasteiger partial charge in [-0.25, -0.2) is 0 Å². The fourth-order valence-electron chi connectivity index (χ4n) is 4.65. The first-order chi connectivity index (χ1) is 16.0. The third kappa shape index (κ3) is 5.39. The van der Waals surface area contributed by atoms with Crippen molar-refractivity contribution in [1.82, 2.24) is 10.3 Å². The van der Waals surface area contributed by atoms with Crippen LogP contribution in [-0.2, 0) is 24.1 Å². The second kappa shape index (κ2) is 10.3. The van der Waals surface area contributed by atoms with Crippen molar-refractivity contribution in [3.8, 4) is 6.07 Å². The number of nitrogens with one attached hydrogen (secondary N) is 2. The van der Waals surface area contributed by atoms with E-state index in [1.54, 1.807) is 6.20 Å². The minimum atomic E-state index is -0.818. The topological polar surface area (TPSA) is 98.0 Å². The van der Waals surface area contributed by atoms with Crippen LogP contribution >= 0.6 is 0 Å². The number of aliphatic carboxylic acids is 1. The van der Waals surface area contributed by atoms with Crippen molar-refractivity contribution in [1.29, 1.82) is 5.26 Å². The third-order valence-corrected chi connectivity index (χ3v) is 6.36. The molecule has 2 heterocycles. The van der Waals surface area contributed by atoms with Gasteiger partial charge >= 0.3 is 5.97 Å². The van der Waals surface area contributed by atoms with Crippen LogP contribution in [0.3, 0.4) is 0 Å². The van der Waals surface area contributed by atoms with E-state index in [0.29, 0.717) is 0 Å². The van der Waals surface area contributed by atoms with Crippen LogP contribution in [0, 0.1) is 24.2 Å². The maximum absolute atomic E-state index is 11.1. The summed E-state index contributed by atoms with van der Waals surface area (Å²) >= 11 is 0. The highest BCUT2D eigenvalue weighted by Crippen LogP contribution is 2.33. The van der Waals surface area contributed by atoms with Gasteiger partial charge in [-0.15, -0.1) is 0 Å². The molecule has 1 aromatic heterocycles. The Bertz CT molecular complexity index is 1170. The number of fused-ring (bicyclic) bond motifs is 1. The first kappa shape index (κ1) is 22.5. The number of aromatic nitrogens is 1. The molecule has 4 rings (SSSR count). The summed E-state index contributed by atoms with van der Waals surface area (Å²) in [6.45, 7) is 3.62. The Morgan fingerprint density at radius 1 is 1.30 bits per heavy atom. The van der Waals surface area contributed by atoms with Crippen molar-refractivity contribution >= 4 is 11.7 Å². The monoisotopic (exact) mass is 440 g/mol. The van der Waals surface area contributed by atoms with E-state index in [9.17, 15) is 10.1 Å². The van der Waals surface area contributed by atoms with Crippen molar-refractivity contribution in [2.24, 2.45) is 5.92 Å². The number of hydrogen-bond acceptors (Lipinski definition) is 5. The van der Waals surface area contributed by atoms with Crippen LogP contribution in [0.1, 0.15) is 39.4 Å². The van der Waals surface area contributed by atoms with Gasteiger partial charge in [0.05, 0.1) is 18.1 Å². The summed E-state index contributed by atoms with van der Waals surface area (Å²) < 4.78 is 0. The Morgan fingerprint density at radius 3 is 2.94 bits per heavy atom. The third-order valence-electron chi connectivity index (χ3n) is 6.36. The van der Waals surface area contributed by atoms with Crippen LogP contribution in [0.15, 0.2) is 60.9 Å². The van der Waals surface area contributed by atoms with Gasteiger partial charge in [-0.2, -0.15) is 5.26 Å². The summed E-state index contributed by atoms with van der Waals surface area (Å²) in [4.78, 5) is 15.4. The van der Waals surface area contributed by atoms with Crippen molar-refractivity contribution < 1.29 is 9.90 Å². The first-order valence-corrected chi connectivity index (χ1v) is 11.2. The molecule has 33 heavy (non-hydrogen) atoms. The lowest BCUT2D eigenvalue weighted by atomic mass is 9.83. The molecule has 0 amide bonds. The molecule has 2 aromatic carbocycles. The van der Waals surface area contributed by atoms with Gasteiger partial charge in [0.25, 0.3) is 0 Å². The normalized spacial score (nSPS) is 15.7. The van der Waals surface area contributed by atoms with Gasteiger partial charge in [-0.05, 0) is 78.2 Å². The number of pyridine rings is 1. The van der Waals surface area contributed by atoms with Gasteiger partial charge < -0.3 is 15.7 Å². The highest BCUT2D eigenvalue weighted by atomic mass is 16.4. The zero-order valence-corrected chi connectivity index (χ0v) is 18.7. The zero-order chi connectivity index (χ0) is 23.2. The Labute approximate surface area is 194 Å². The molecule has 0 bridgehead atoms. The Balaban J connectivity index is 1.51. The largest absolute Gasteiger partial charge is 0.481 e. The smallest absolute Gasteiger partial charge is 0.307 e. The summed E-state index contributed by atoms with van der Waals surface area (Å²) in [5.74, 6) is -0.558. The lowest BCUT2D eigenvalue weighted by Crippen LogP contribution is -2.37. The van der Waals surface area contributed by atoms with Gasteiger partial charge in [-0.1, -0.05) is 30.3 Å². The standard InChI is InChI=1S/C27H28N4O2/c1-18-7-8-19(13-26(32)33)12-20(18)9-11-30-27(22-5-3-10-29-16-22)23-14-24-21(15-28)4-2-6-25(24)31-17-23/h2-8,10,12,16,23,27,30-31H,9,11,13-14,17H2,1H3,(H,32,33)/t23-,27+/m0/s1. The molecule has 2 atom stereocenters. The molecule has 6 heteroatoms. The average Bonchev–Trinajstić information content (AvgIpc) is 2.83. The van der Waals surface area contributed by atoms with Crippen LogP contribution in [0.4, 0.5) is 5.69 Å². The van der Waals surface area contributed by atoms with Crippen LogP contribution in [-0.4, -0.2) is 29.1 Å². The zero-order valence-electron chi connectivity index (χ0n) is 18.7. The second-order valence-corrected chi connectivity index (χ2v) is 8.59. The predicted molar refractivity (Wildman–Crippen MR) is 128 cm³/mol. The van der Waals surface area contributed by atoms with Gasteiger partial charge in [-0.3, -0.25) is 9.78 Å². The molecule has 0 saturated carbocycles. The van der Waals surface area contributed by atoms with E-state index < -0.39 is 5.97 Å². The average molecular weight is 441 g/mol. The molecule has 0 radical (unpaired) electrons. The van der Waals surface area contributed by atoms with Crippen LogP contribution < -0.4 is 10.6 Å². The van der Waals surface area contributed by atoms with Crippen molar-refractivity contribution in [2.45, 2.75) is 32.2 Å². The number of nitrogens with zero attached hydrogens (tertiary/aromatic N) is 2. The van der Waals surface area contributed by atoms with Crippen molar-refractivity contribution in [3.63, 3.8) is 0 Å². The minimum Gasteiger partial charge on any atom is -0.481 e. The molecular weight excluding hydrogens is 412 g/mol. The predicted octanol–water partition coefficient (Wildman–Crippen LogP) is 4.05. The Kier molecular flexibility index (Phi) is 7.01. The van der Waals surface area contributed by atoms with Gasteiger partial charge in [0.1, 0.15) is 0 Å². The van der Waals surface area contributed by atoms with Gasteiger partial charge in [0, 0.05) is 30.7 Å². The maximum Gasteiger partial charge on any atom is 0.307 e. The lowest BCUT2D eigenvalue weighted by molar-refractivity contribution is -0.136. The van der Waals surface area contributed by atoms with E-state index in [4.69, 9.17) is 5.11 Å². The fourth-order valence-corrected chi connectivity index (χ4v) is 4.65. The number of benzene rings is 2. The van der Waals surface area contributed by atoms with E-state index in [2.05, 4.69) is 34.7 Å². The quantitative estimate of drug-likeness (QED) is 0.489. The summed E-state index contributed by atoms with van der Waals surface area (Å²) in [7, 11) is 0. The number of nitriles is 1. The van der Waals surface area contributed by atoms with Gasteiger partial charge in [0.2, 0.25) is 0 Å². The van der Waals surface area contributed by atoms with E-state index in [0.717, 1.165) is 65.0 Å². The number of carboxylic acids is 1. The van der Waals surface area contributed by atoms with Crippen LogP contribution in [0.2, 0.25) is 0 Å². The number of carbonyl (C=O) groups is 1. The van der Waals surface area contributed by atoms with Crippen LogP contribution in [0.25, 0.3) is 0 Å². The molecule has 0 spiro atoms. The van der Waals surface area contributed by atoms with E-state index in [1.165, 1.54) is 0 Å². The lowest BCUT2D eigenvalue weighted by Gasteiger charge is -2.34. The van der Waals surface area contributed by atoms with E-state index in [-0.39, 0.29) is 18.4 Å². The number of hydrogen-bond donors (Lipinski definition) is 3. The number of aryl methyl sites for hydroxylation is 1. The minimum absolute atomic E-state index is 0.0351. The Hall–Kier alpha value is -3.69. The number of carboxylic acid groups (broad SMARTS) is 1. The molecule has 0 saturated heterocycles. The fraction of sp³-hybridized carbons (Fsp3) is 0.296. The SMILES string of the molecule is Cc1ccc(CC(=O)O)cc1CCN[C@H](c1cccnc1)[C@@H]1CNc2cccc(C#N)c2C1. The molecule has 168 valence electrons. The summed E-state index contributed by atoms with van der Waals surface area (Å²) in [5, 5.41) is 25.9. The maximum atomic E-state index is 11.1. The molecule has 1 aliphatic rings. The molecule has 6 nitrogen and oxygen atoms in total. The highest BCUT2D eigenvalue weighted by molar-refractivity contribution is 5.70. The summed E-state index contributed by atoms with van der Waals surface area (Å²) in [6.07, 6.45) is 5.33. The molecule has 0 fully saturated rings. The molecule has 1 aliphatic heterocycles. The molecular formula is C27H28N4O2. The molecule has 3 aromatic rings. The highest BCUT2D eigenvalue weighted by Gasteiger charge is 2.28. The summed E-state index contributed by atoms with van der Waals surface area (Å²) in [5.41, 5.74) is 7.11. The number of rotatable bonds is 8. The van der Waals surface area contributed by atoms with Crippen molar-refractivity contribution in [2.75, 3.05) is 18.4 Å². The molecule has 0 unspecified atom stereocenters. The molecule has 3 N–H and O–H groups in total.